The van der Waals surface area contributed by atoms with Crippen molar-refractivity contribution in [3.63, 3.8) is 0 Å². The summed E-state index contributed by atoms with van der Waals surface area (Å²) in [4.78, 5) is 4.26. The van der Waals surface area contributed by atoms with Gasteiger partial charge >= 0.3 is 0 Å². The van der Waals surface area contributed by atoms with E-state index in [1.165, 1.54) is 11.1 Å². The lowest BCUT2D eigenvalue weighted by Crippen LogP contribution is -2.30. The molecule has 19 heavy (non-hydrogen) atoms. The van der Waals surface area contributed by atoms with E-state index in [1.54, 1.807) is 11.0 Å². The van der Waals surface area contributed by atoms with Crippen LogP contribution in [-0.2, 0) is 26.3 Å². The summed E-state index contributed by atoms with van der Waals surface area (Å²) in [7, 11) is 1.88. The number of nitriles is 1. The molecule has 0 fully saturated rings. The molecule has 2 aromatic rings. The van der Waals surface area contributed by atoms with E-state index < -0.39 is 0 Å². The fourth-order valence-electron chi connectivity index (χ4n) is 2.87. The quantitative estimate of drug-likeness (QED) is 0.822. The molecule has 0 amide bonds. The number of hydrogen-bond donors (Lipinski definition) is 0. The predicted molar refractivity (Wildman–Crippen MR) is 71.2 cm³/mol. The van der Waals surface area contributed by atoms with Gasteiger partial charge in [-0.2, -0.15) is 10.4 Å². The topological polar surface area (TPSA) is 54.5 Å². The van der Waals surface area contributed by atoms with Gasteiger partial charge in [-0.1, -0.05) is 24.3 Å². The molecule has 1 aliphatic rings. The normalized spacial score (nSPS) is 21.7. The first-order valence-corrected chi connectivity index (χ1v) is 6.53. The van der Waals surface area contributed by atoms with Gasteiger partial charge in [0, 0.05) is 13.5 Å². The first-order valence-electron chi connectivity index (χ1n) is 6.53. The van der Waals surface area contributed by atoms with Crippen LogP contribution in [0.4, 0.5) is 0 Å². The molecule has 0 radical (unpaired) electrons. The minimum atomic E-state index is -0.338. The highest BCUT2D eigenvalue weighted by molar-refractivity contribution is 5.33. The average molecular weight is 252 g/mol. The summed E-state index contributed by atoms with van der Waals surface area (Å²) >= 11 is 0. The van der Waals surface area contributed by atoms with E-state index in [2.05, 4.69) is 40.4 Å². The molecule has 0 saturated heterocycles. The van der Waals surface area contributed by atoms with Crippen LogP contribution in [-0.4, -0.2) is 14.8 Å². The van der Waals surface area contributed by atoms with E-state index in [0.29, 0.717) is 6.42 Å². The Bertz CT molecular complexity index is 638. The number of rotatable bonds is 2. The van der Waals surface area contributed by atoms with Crippen molar-refractivity contribution in [2.24, 2.45) is 12.5 Å². The molecule has 0 N–H and O–H groups in total. The highest BCUT2D eigenvalue weighted by atomic mass is 15.3. The second-order valence-corrected chi connectivity index (χ2v) is 5.31. The van der Waals surface area contributed by atoms with Crippen LogP contribution in [0, 0.1) is 16.7 Å². The van der Waals surface area contributed by atoms with Crippen molar-refractivity contribution in [2.75, 3.05) is 0 Å². The van der Waals surface area contributed by atoms with E-state index in [4.69, 9.17) is 0 Å². The third kappa shape index (κ3) is 2.12. The van der Waals surface area contributed by atoms with Crippen LogP contribution in [0.15, 0.2) is 30.6 Å². The van der Waals surface area contributed by atoms with E-state index in [9.17, 15) is 5.26 Å². The van der Waals surface area contributed by atoms with Gasteiger partial charge in [-0.05, 0) is 30.4 Å². The second kappa shape index (κ2) is 4.51. The lowest BCUT2D eigenvalue weighted by molar-refractivity contribution is 0.328. The minimum Gasteiger partial charge on any atom is -0.253 e. The number of nitrogens with zero attached hydrogens (tertiary/aromatic N) is 4. The van der Waals surface area contributed by atoms with Gasteiger partial charge in [-0.3, -0.25) is 4.68 Å². The molecule has 1 unspecified atom stereocenters. The Morgan fingerprint density at radius 1 is 1.37 bits per heavy atom. The largest absolute Gasteiger partial charge is 0.253 e. The maximum absolute atomic E-state index is 9.65. The molecule has 96 valence electrons. The molecule has 1 aliphatic carbocycles. The summed E-state index contributed by atoms with van der Waals surface area (Å²) in [6.45, 7) is 0. The number of aromatic nitrogens is 3. The van der Waals surface area contributed by atoms with Gasteiger partial charge in [0.2, 0.25) is 0 Å². The molecule has 1 atom stereocenters. The molecular weight excluding hydrogens is 236 g/mol. The van der Waals surface area contributed by atoms with Gasteiger partial charge in [-0.15, -0.1) is 0 Å². The van der Waals surface area contributed by atoms with E-state index in [0.717, 1.165) is 25.1 Å². The summed E-state index contributed by atoms with van der Waals surface area (Å²) in [5, 5.41) is 13.7. The Kier molecular flexibility index (Phi) is 2.83. The molecule has 4 heteroatoms. The fraction of sp³-hybridized carbons (Fsp3) is 0.400. The van der Waals surface area contributed by atoms with Gasteiger partial charge in [0.1, 0.15) is 12.2 Å². The smallest absolute Gasteiger partial charge is 0.138 e. The minimum absolute atomic E-state index is 0.338. The van der Waals surface area contributed by atoms with Crippen LogP contribution in [0.5, 0.6) is 0 Å². The standard InChI is InChI=1S/C15H16N4/c1-19-14(17-11-18-19)9-15(10-16)7-6-12-4-2-3-5-13(12)8-15/h2-5,11H,6-9H2,1H3. The number of benzene rings is 1. The van der Waals surface area contributed by atoms with Crippen LogP contribution >= 0.6 is 0 Å². The van der Waals surface area contributed by atoms with E-state index in [-0.39, 0.29) is 5.41 Å². The highest BCUT2D eigenvalue weighted by Crippen LogP contribution is 2.37. The lowest BCUT2D eigenvalue weighted by atomic mass is 9.70. The summed E-state index contributed by atoms with van der Waals surface area (Å²) < 4.78 is 1.76. The molecule has 1 aromatic heterocycles. The third-order valence-electron chi connectivity index (χ3n) is 4.06. The van der Waals surface area contributed by atoms with Crippen LogP contribution in [0.3, 0.4) is 0 Å². The molecule has 0 saturated carbocycles. The zero-order valence-electron chi connectivity index (χ0n) is 11.0. The Hall–Kier alpha value is -2.15. The molecular formula is C15H16N4. The maximum atomic E-state index is 9.65. The lowest BCUT2D eigenvalue weighted by Gasteiger charge is -2.31. The van der Waals surface area contributed by atoms with Gasteiger partial charge in [0.05, 0.1) is 11.5 Å². The summed E-state index contributed by atoms with van der Waals surface area (Å²) in [6, 6.07) is 11.0. The van der Waals surface area contributed by atoms with Crippen molar-refractivity contribution < 1.29 is 0 Å². The Morgan fingerprint density at radius 3 is 2.84 bits per heavy atom. The van der Waals surface area contributed by atoms with Crippen molar-refractivity contribution in [3.05, 3.63) is 47.5 Å². The van der Waals surface area contributed by atoms with Gasteiger partial charge < -0.3 is 0 Å². The Balaban J connectivity index is 1.91. The first kappa shape index (κ1) is 11.9. The molecule has 1 heterocycles. The monoisotopic (exact) mass is 252 g/mol. The van der Waals surface area contributed by atoms with E-state index in [1.807, 2.05) is 7.05 Å². The van der Waals surface area contributed by atoms with Crippen molar-refractivity contribution in [3.8, 4) is 6.07 Å². The number of aryl methyl sites for hydroxylation is 2. The van der Waals surface area contributed by atoms with Gasteiger partial charge in [0.15, 0.2) is 0 Å². The Morgan fingerprint density at radius 2 is 2.16 bits per heavy atom. The fourth-order valence-corrected chi connectivity index (χ4v) is 2.87. The van der Waals surface area contributed by atoms with Gasteiger partial charge in [-0.25, -0.2) is 4.98 Å². The molecule has 0 aliphatic heterocycles. The van der Waals surface area contributed by atoms with Crippen LogP contribution < -0.4 is 0 Å². The molecule has 4 nitrogen and oxygen atoms in total. The maximum Gasteiger partial charge on any atom is 0.138 e. The highest BCUT2D eigenvalue weighted by Gasteiger charge is 2.35. The van der Waals surface area contributed by atoms with Crippen molar-refractivity contribution in [1.82, 2.24) is 14.8 Å². The van der Waals surface area contributed by atoms with Crippen molar-refractivity contribution >= 4 is 0 Å². The zero-order valence-corrected chi connectivity index (χ0v) is 11.0. The number of hydrogen-bond acceptors (Lipinski definition) is 3. The summed E-state index contributed by atoms with van der Waals surface area (Å²) in [5.41, 5.74) is 2.35. The number of fused-ring (bicyclic) bond motifs is 1. The van der Waals surface area contributed by atoms with Gasteiger partial charge in [0.25, 0.3) is 0 Å². The molecule has 0 spiro atoms. The van der Waals surface area contributed by atoms with Crippen LogP contribution in [0.25, 0.3) is 0 Å². The Labute approximate surface area is 112 Å². The predicted octanol–water partition coefficient (Wildman–Crippen LogP) is 2.06. The first-order chi connectivity index (χ1) is 9.22. The van der Waals surface area contributed by atoms with Crippen molar-refractivity contribution in [1.29, 1.82) is 5.26 Å². The van der Waals surface area contributed by atoms with Crippen LogP contribution in [0.2, 0.25) is 0 Å². The van der Waals surface area contributed by atoms with Crippen LogP contribution in [0.1, 0.15) is 23.4 Å². The molecule has 1 aromatic carbocycles. The van der Waals surface area contributed by atoms with E-state index >= 15 is 0 Å². The summed E-state index contributed by atoms with van der Waals surface area (Å²) in [6.07, 6.45) is 4.91. The zero-order chi connectivity index (χ0) is 13.3. The SMILES string of the molecule is Cn1ncnc1CC1(C#N)CCc2ccccc2C1. The molecule has 3 rings (SSSR count). The third-order valence-corrected chi connectivity index (χ3v) is 4.06. The van der Waals surface area contributed by atoms with Crippen molar-refractivity contribution in [2.45, 2.75) is 25.7 Å². The summed E-state index contributed by atoms with van der Waals surface area (Å²) in [5.74, 6) is 0.890. The molecule has 0 bridgehead atoms. The second-order valence-electron chi connectivity index (χ2n) is 5.31. The average Bonchev–Trinajstić information content (AvgIpc) is 2.84.